The Morgan fingerprint density at radius 1 is 1.08 bits per heavy atom. The first-order valence-electron chi connectivity index (χ1n) is 13.9. The van der Waals surface area contributed by atoms with Crippen LogP contribution in [0.5, 0.6) is 5.75 Å². The fourth-order valence-electron chi connectivity index (χ4n) is 6.45. The number of benzene rings is 1. The van der Waals surface area contributed by atoms with Crippen LogP contribution in [-0.2, 0) is 24.3 Å². The average molecular weight is 549 g/mol. The average Bonchev–Trinajstić information content (AvgIpc) is 3.50. The van der Waals surface area contributed by atoms with Gasteiger partial charge in [-0.2, -0.15) is 4.31 Å². The quantitative estimate of drug-likeness (QED) is 0.413. The molecule has 38 heavy (non-hydrogen) atoms. The monoisotopic (exact) mass is 548 g/mol. The number of nitrogens with zero attached hydrogens (tertiary/aromatic N) is 1. The lowest BCUT2D eigenvalue weighted by atomic mass is 9.73. The number of carbonyl (C=O) groups excluding carboxylic acids is 1. The second kappa shape index (κ2) is 11.9. The minimum absolute atomic E-state index is 0.0505. The van der Waals surface area contributed by atoms with E-state index in [-0.39, 0.29) is 49.1 Å². The van der Waals surface area contributed by atoms with E-state index < -0.39 is 16.3 Å². The number of fused-ring (bicyclic) bond motifs is 2. The molecule has 5 rings (SSSR count). The van der Waals surface area contributed by atoms with E-state index in [1.54, 1.807) is 12.1 Å². The molecule has 5 atom stereocenters. The van der Waals surface area contributed by atoms with Crippen molar-refractivity contribution in [3.8, 4) is 5.75 Å². The van der Waals surface area contributed by atoms with Gasteiger partial charge < -0.3 is 24.6 Å². The van der Waals surface area contributed by atoms with Gasteiger partial charge in [-0.05, 0) is 86.1 Å². The molecule has 0 saturated heterocycles. The minimum atomic E-state index is -3.83. The standard InChI is InChI=1S/C28H40N2O7S/c1-35-23-7-9-24(10-8-23)38(33,34)30(11-13-31)12-14-36-27-18-22(20-3-2-4-20)17-26(37-27)28(32)29-25-16-19-5-6-21(25)15-19/h7-10,17,19-22,25,27,31H,2-6,11-16,18H2,1H3,(H,29,32)/t19?,21?,22-,25?,27+/m0/s1. The van der Waals surface area contributed by atoms with E-state index >= 15 is 0 Å². The molecule has 2 N–H and O–H groups in total. The summed E-state index contributed by atoms with van der Waals surface area (Å²) in [6.07, 6.45) is 10.2. The summed E-state index contributed by atoms with van der Waals surface area (Å²) in [5.41, 5.74) is 0. The molecule has 1 heterocycles. The topological polar surface area (TPSA) is 114 Å². The molecule has 9 nitrogen and oxygen atoms in total. The summed E-state index contributed by atoms with van der Waals surface area (Å²) in [5.74, 6) is 2.78. The Morgan fingerprint density at radius 2 is 1.87 bits per heavy atom. The molecule has 0 spiro atoms. The first-order valence-corrected chi connectivity index (χ1v) is 15.4. The molecule has 3 saturated carbocycles. The SMILES string of the molecule is COc1ccc(S(=O)(=O)N(CCO)CCO[C@H]2C[C@@H](C3CCC3)C=C(C(=O)NC3CC4CCC3C4)O2)cc1. The summed E-state index contributed by atoms with van der Waals surface area (Å²) in [6, 6.07) is 6.38. The van der Waals surface area contributed by atoms with Gasteiger partial charge in [-0.1, -0.05) is 12.8 Å². The molecule has 3 fully saturated rings. The van der Waals surface area contributed by atoms with Crippen LogP contribution in [0.4, 0.5) is 0 Å². The molecule has 2 bridgehead atoms. The van der Waals surface area contributed by atoms with Crippen LogP contribution >= 0.6 is 0 Å². The molecule has 1 aliphatic heterocycles. The maximum Gasteiger partial charge on any atom is 0.286 e. The van der Waals surface area contributed by atoms with E-state index in [1.165, 1.54) is 49.2 Å². The molecule has 10 heteroatoms. The van der Waals surface area contributed by atoms with Gasteiger partial charge in [0.1, 0.15) is 5.75 Å². The zero-order valence-corrected chi connectivity index (χ0v) is 22.9. The van der Waals surface area contributed by atoms with Crippen molar-refractivity contribution in [2.75, 3.05) is 33.4 Å². The normalized spacial score (nSPS) is 29.0. The Morgan fingerprint density at radius 3 is 2.47 bits per heavy atom. The van der Waals surface area contributed by atoms with Crippen LogP contribution in [0.25, 0.3) is 0 Å². The molecular formula is C28H40N2O7S. The zero-order chi connectivity index (χ0) is 26.7. The Balaban J connectivity index is 1.20. The third kappa shape index (κ3) is 6.03. The number of nitrogens with one attached hydrogen (secondary N) is 1. The second-order valence-corrected chi connectivity index (χ2v) is 13.0. The summed E-state index contributed by atoms with van der Waals surface area (Å²) < 4.78 is 44.7. The van der Waals surface area contributed by atoms with Gasteiger partial charge in [-0.25, -0.2) is 8.42 Å². The number of aliphatic hydroxyl groups is 1. The number of sulfonamides is 1. The van der Waals surface area contributed by atoms with E-state index in [2.05, 4.69) is 5.32 Å². The van der Waals surface area contributed by atoms with E-state index in [4.69, 9.17) is 14.2 Å². The van der Waals surface area contributed by atoms with Gasteiger partial charge in [0.25, 0.3) is 5.91 Å². The maximum atomic E-state index is 13.2. The predicted octanol–water partition coefficient (Wildman–Crippen LogP) is 3.05. The van der Waals surface area contributed by atoms with Crippen molar-refractivity contribution in [1.82, 2.24) is 9.62 Å². The highest BCUT2D eigenvalue weighted by molar-refractivity contribution is 7.89. The number of rotatable bonds is 12. The summed E-state index contributed by atoms with van der Waals surface area (Å²) in [5, 5.41) is 12.7. The van der Waals surface area contributed by atoms with Crippen LogP contribution in [-0.4, -0.2) is 69.5 Å². The predicted molar refractivity (Wildman–Crippen MR) is 141 cm³/mol. The molecule has 1 amide bonds. The van der Waals surface area contributed by atoms with Crippen molar-refractivity contribution >= 4 is 15.9 Å². The van der Waals surface area contributed by atoms with Crippen LogP contribution in [0.15, 0.2) is 41.0 Å². The number of ether oxygens (including phenoxy) is 3. The van der Waals surface area contributed by atoms with Gasteiger partial charge in [0.05, 0.1) is 25.2 Å². The lowest BCUT2D eigenvalue weighted by Crippen LogP contribution is -2.42. The highest BCUT2D eigenvalue weighted by atomic mass is 32.2. The smallest absolute Gasteiger partial charge is 0.286 e. The number of hydrogen-bond donors (Lipinski definition) is 2. The van der Waals surface area contributed by atoms with Crippen LogP contribution in [0, 0.1) is 23.7 Å². The third-order valence-corrected chi connectivity index (χ3v) is 10.7. The lowest BCUT2D eigenvalue weighted by Gasteiger charge is -2.37. The second-order valence-electron chi connectivity index (χ2n) is 11.1. The largest absolute Gasteiger partial charge is 0.497 e. The van der Waals surface area contributed by atoms with Crippen molar-refractivity contribution in [3.05, 3.63) is 36.1 Å². The third-order valence-electron chi connectivity index (χ3n) is 8.81. The van der Waals surface area contributed by atoms with Crippen LogP contribution < -0.4 is 10.1 Å². The van der Waals surface area contributed by atoms with Crippen molar-refractivity contribution < 1.29 is 32.5 Å². The van der Waals surface area contributed by atoms with Crippen LogP contribution in [0.3, 0.4) is 0 Å². The Labute approximate surface area is 225 Å². The van der Waals surface area contributed by atoms with E-state index in [0.717, 1.165) is 25.2 Å². The zero-order valence-electron chi connectivity index (χ0n) is 22.1. The van der Waals surface area contributed by atoms with Crippen molar-refractivity contribution in [2.45, 2.75) is 68.6 Å². The first kappa shape index (κ1) is 27.4. The Kier molecular flexibility index (Phi) is 8.62. The molecule has 210 valence electrons. The van der Waals surface area contributed by atoms with Gasteiger partial charge in [-0.15, -0.1) is 0 Å². The van der Waals surface area contributed by atoms with Gasteiger partial charge in [0.2, 0.25) is 16.3 Å². The summed E-state index contributed by atoms with van der Waals surface area (Å²) in [6.45, 7) is -0.224. The van der Waals surface area contributed by atoms with Crippen molar-refractivity contribution in [3.63, 3.8) is 0 Å². The van der Waals surface area contributed by atoms with Gasteiger partial charge in [-0.3, -0.25) is 4.79 Å². The number of aliphatic hydroxyl groups excluding tert-OH is 1. The number of amides is 1. The summed E-state index contributed by atoms with van der Waals surface area (Å²) in [4.78, 5) is 13.3. The van der Waals surface area contributed by atoms with E-state index in [9.17, 15) is 18.3 Å². The Bertz CT molecular complexity index is 1100. The molecule has 0 radical (unpaired) electrons. The molecular weight excluding hydrogens is 508 g/mol. The van der Waals surface area contributed by atoms with Crippen LogP contribution in [0.1, 0.15) is 51.4 Å². The summed E-state index contributed by atoms with van der Waals surface area (Å²) >= 11 is 0. The van der Waals surface area contributed by atoms with Crippen molar-refractivity contribution in [2.24, 2.45) is 23.7 Å². The molecule has 0 aromatic heterocycles. The lowest BCUT2D eigenvalue weighted by molar-refractivity contribution is -0.152. The van der Waals surface area contributed by atoms with Gasteiger partial charge in [0.15, 0.2) is 5.76 Å². The van der Waals surface area contributed by atoms with Crippen LogP contribution in [0.2, 0.25) is 0 Å². The molecule has 1 aromatic rings. The molecule has 3 aliphatic carbocycles. The highest BCUT2D eigenvalue weighted by Crippen LogP contribution is 2.45. The number of hydrogen-bond acceptors (Lipinski definition) is 7. The maximum absolute atomic E-state index is 13.2. The number of carbonyl (C=O) groups is 1. The first-order chi connectivity index (χ1) is 18.4. The molecule has 1 aromatic carbocycles. The summed E-state index contributed by atoms with van der Waals surface area (Å²) in [7, 11) is -2.31. The van der Waals surface area contributed by atoms with Gasteiger partial charge in [0, 0.05) is 25.6 Å². The van der Waals surface area contributed by atoms with E-state index in [0.29, 0.717) is 29.8 Å². The fourth-order valence-corrected chi connectivity index (χ4v) is 7.86. The Hall–Kier alpha value is -2.14. The fraction of sp³-hybridized carbons (Fsp3) is 0.679. The number of allylic oxidation sites excluding steroid dienone is 1. The number of methoxy groups -OCH3 is 1. The van der Waals surface area contributed by atoms with Gasteiger partial charge >= 0.3 is 0 Å². The molecule has 4 aliphatic rings. The molecule has 3 unspecified atom stereocenters. The van der Waals surface area contributed by atoms with Crippen molar-refractivity contribution in [1.29, 1.82) is 0 Å². The highest BCUT2D eigenvalue weighted by Gasteiger charge is 2.41. The minimum Gasteiger partial charge on any atom is -0.497 e. The van der Waals surface area contributed by atoms with E-state index in [1.807, 2.05) is 6.08 Å².